The van der Waals surface area contributed by atoms with Crippen molar-refractivity contribution in [2.45, 2.75) is 0 Å². The molecule has 0 atom stereocenters. The quantitative estimate of drug-likeness (QED) is 0.648. The van der Waals surface area contributed by atoms with Crippen LogP contribution in [0.2, 0.25) is 0 Å². The van der Waals surface area contributed by atoms with Crippen LogP contribution in [-0.2, 0) is 4.79 Å². The van der Waals surface area contributed by atoms with Gasteiger partial charge < -0.3 is 10.6 Å². The van der Waals surface area contributed by atoms with Crippen LogP contribution in [0.15, 0.2) is 48.5 Å². The van der Waals surface area contributed by atoms with Crippen molar-refractivity contribution < 1.29 is 18.8 Å². The maximum Gasteiger partial charge on any atom is 0.262 e. The predicted molar refractivity (Wildman–Crippen MR) is 92.6 cm³/mol. The highest BCUT2D eigenvalue weighted by atomic mass is 32.1. The Hall–Kier alpha value is -3.13. The van der Waals surface area contributed by atoms with Crippen molar-refractivity contribution >= 4 is 40.7 Å². The summed E-state index contributed by atoms with van der Waals surface area (Å²) in [6.45, 7) is -0.461. The zero-order valence-corrected chi connectivity index (χ0v) is 13.6. The molecule has 1 aliphatic heterocycles. The zero-order valence-electron chi connectivity index (χ0n) is 12.8. The van der Waals surface area contributed by atoms with E-state index in [1.807, 2.05) is 0 Å². The second kappa shape index (κ2) is 6.78. The highest BCUT2D eigenvalue weighted by Gasteiger charge is 2.36. The molecule has 3 amide bonds. The van der Waals surface area contributed by atoms with Gasteiger partial charge in [-0.15, -0.1) is 0 Å². The van der Waals surface area contributed by atoms with Crippen molar-refractivity contribution in [2.24, 2.45) is 0 Å². The van der Waals surface area contributed by atoms with Gasteiger partial charge in [0.1, 0.15) is 12.4 Å². The van der Waals surface area contributed by atoms with E-state index in [0.29, 0.717) is 5.69 Å². The number of rotatable bonds is 3. The fourth-order valence-corrected chi connectivity index (χ4v) is 2.65. The molecule has 0 aliphatic carbocycles. The molecule has 2 aromatic rings. The van der Waals surface area contributed by atoms with E-state index in [1.165, 1.54) is 30.3 Å². The van der Waals surface area contributed by atoms with Crippen LogP contribution in [0.1, 0.15) is 20.7 Å². The van der Waals surface area contributed by atoms with E-state index in [4.69, 9.17) is 12.2 Å². The summed E-state index contributed by atoms with van der Waals surface area (Å²) in [6, 6.07) is 11.9. The van der Waals surface area contributed by atoms with Crippen molar-refractivity contribution in [3.63, 3.8) is 0 Å². The fraction of sp³-hybridized carbons (Fsp3) is 0.0588. The average Bonchev–Trinajstić information content (AvgIpc) is 2.80. The lowest BCUT2D eigenvalue weighted by atomic mass is 10.1. The Bertz CT molecular complexity index is 865. The van der Waals surface area contributed by atoms with Crippen molar-refractivity contribution in [1.29, 1.82) is 0 Å². The van der Waals surface area contributed by atoms with E-state index in [-0.39, 0.29) is 16.2 Å². The minimum absolute atomic E-state index is 0.0628. The predicted octanol–water partition coefficient (Wildman–Crippen LogP) is 1.93. The fourth-order valence-electron chi connectivity index (χ4n) is 2.42. The van der Waals surface area contributed by atoms with E-state index >= 15 is 0 Å². The molecule has 6 nitrogen and oxygen atoms in total. The molecule has 0 bridgehead atoms. The Morgan fingerprint density at radius 3 is 2.28 bits per heavy atom. The average molecular weight is 357 g/mol. The molecule has 0 aromatic heterocycles. The first kappa shape index (κ1) is 16.7. The molecule has 0 fully saturated rings. The number of carbonyl (C=O) groups is 3. The third kappa shape index (κ3) is 3.53. The number of nitrogens with one attached hydrogen (secondary N) is 2. The van der Waals surface area contributed by atoms with Crippen LogP contribution in [0.25, 0.3) is 0 Å². The lowest BCUT2D eigenvalue weighted by molar-refractivity contribution is -0.120. The minimum atomic E-state index is -0.636. The van der Waals surface area contributed by atoms with Crippen LogP contribution >= 0.6 is 12.2 Å². The molecule has 0 unspecified atom stereocenters. The molecule has 126 valence electrons. The van der Waals surface area contributed by atoms with Crippen LogP contribution in [0, 0.1) is 5.82 Å². The monoisotopic (exact) mass is 357 g/mol. The number of anilines is 1. The number of halogens is 1. The number of benzene rings is 2. The first-order valence-electron chi connectivity index (χ1n) is 7.27. The number of hydrogen-bond acceptors (Lipinski definition) is 4. The van der Waals surface area contributed by atoms with Gasteiger partial charge in [0.25, 0.3) is 11.8 Å². The standard InChI is InChI=1S/C17H12FN3O3S/c18-10-4-3-5-11(8-10)19-17(25)20-14(22)9-21-15(23)12-6-1-2-7-13(12)16(21)24/h1-8H,9H2,(H2,19,20,22,25). The topological polar surface area (TPSA) is 78.5 Å². The summed E-state index contributed by atoms with van der Waals surface area (Å²) in [5, 5.41) is 4.94. The summed E-state index contributed by atoms with van der Waals surface area (Å²) in [6.07, 6.45) is 0. The lowest BCUT2D eigenvalue weighted by Crippen LogP contribution is -2.43. The Morgan fingerprint density at radius 1 is 1.04 bits per heavy atom. The third-order valence-electron chi connectivity index (χ3n) is 3.52. The number of imide groups is 1. The van der Waals surface area contributed by atoms with Crippen molar-refractivity contribution in [3.05, 3.63) is 65.5 Å². The van der Waals surface area contributed by atoms with Gasteiger partial charge in [-0.05, 0) is 42.5 Å². The highest BCUT2D eigenvalue weighted by Crippen LogP contribution is 2.21. The number of hydrogen-bond donors (Lipinski definition) is 2. The third-order valence-corrected chi connectivity index (χ3v) is 3.72. The lowest BCUT2D eigenvalue weighted by Gasteiger charge is -2.14. The van der Waals surface area contributed by atoms with E-state index in [9.17, 15) is 18.8 Å². The van der Waals surface area contributed by atoms with Gasteiger partial charge in [-0.25, -0.2) is 4.39 Å². The molecule has 1 aliphatic rings. The molecule has 0 saturated carbocycles. The molecular weight excluding hydrogens is 345 g/mol. The van der Waals surface area contributed by atoms with Gasteiger partial charge in [0.15, 0.2) is 5.11 Å². The van der Waals surface area contributed by atoms with Crippen LogP contribution in [0.3, 0.4) is 0 Å². The van der Waals surface area contributed by atoms with Gasteiger partial charge in [0, 0.05) is 5.69 Å². The van der Waals surface area contributed by atoms with Crippen molar-refractivity contribution in [2.75, 3.05) is 11.9 Å². The number of thiocarbonyl (C=S) groups is 1. The van der Waals surface area contributed by atoms with E-state index < -0.39 is 30.1 Å². The Morgan fingerprint density at radius 2 is 1.68 bits per heavy atom. The zero-order chi connectivity index (χ0) is 18.0. The van der Waals surface area contributed by atoms with Gasteiger partial charge >= 0.3 is 0 Å². The molecule has 2 N–H and O–H groups in total. The largest absolute Gasteiger partial charge is 0.332 e. The Labute approximate surface area is 147 Å². The normalized spacial score (nSPS) is 12.8. The number of carbonyl (C=O) groups excluding carboxylic acids is 3. The molecule has 8 heteroatoms. The van der Waals surface area contributed by atoms with Crippen molar-refractivity contribution in [1.82, 2.24) is 10.2 Å². The second-order valence-corrected chi connectivity index (χ2v) is 5.66. The van der Waals surface area contributed by atoms with Gasteiger partial charge in [-0.3, -0.25) is 19.3 Å². The van der Waals surface area contributed by atoms with Gasteiger partial charge in [0.05, 0.1) is 11.1 Å². The van der Waals surface area contributed by atoms with Crippen LogP contribution in [-0.4, -0.2) is 34.3 Å². The molecule has 0 spiro atoms. The number of nitrogens with zero attached hydrogens (tertiary/aromatic N) is 1. The molecule has 0 radical (unpaired) electrons. The molecule has 3 rings (SSSR count). The van der Waals surface area contributed by atoms with Gasteiger partial charge in [-0.2, -0.15) is 0 Å². The summed E-state index contributed by atoms with van der Waals surface area (Å²) in [5.74, 6) is -2.15. The smallest absolute Gasteiger partial charge is 0.262 e. The van der Waals surface area contributed by atoms with Gasteiger partial charge in [0.2, 0.25) is 5.91 Å². The summed E-state index contributed by atoms with van der Waals surface area (Å²) in [4.78, 5) is 37.3. The minimum Gasteiger partial charge on any atom is -0.332 e. The summed E-state index contributed by atoms with van der Waals surface area (Å²) < 4.78 is 13.1. The summed E-state index contributed by atoms with van der Waals surface area (Å²) >= 11 is 4.97. The summed E-state index contributed by atoms with van der Waals surface area (Å²) in [5.41, 5.74) is 0.896. The van der Waals surface area contributed by atoms with Gasteiger partial charge in [-0.1, -0.05) is 18.2 Å². The second-order valence-electron chi connectivity index (χ2n) is 5.25. The molecule has 2 aromatic carbocycles. The first-order valence-corrected chi connectivity index (χ1v) is 7.68. The molecular formula is C17H12FN3O3S. The highest BCUT2D eigenvalue weighted by molar-refractivity contribution is 7.80. The van der Waals surface area contributed by atoms with Crippen molar-refractivity contribution in [3.8, 4) is 0 Å². The van der Waals surface area contributed by atoms with E-state index in [2.05, 4.69) is 10.6 Å². The molecule has 1 heterocycles. The Kier molecular flexibility index (Phi) is 4.53. The number of amides is 3. The van der Waals surface area contributed by atoms with Crippen LogP contribution in [0.4, 0.5) is 10.1 Å². The maximum atomic E-state index is 13.1. The maximum absolute atomic E-state index is 13.1. The molecule has 25 heavy (non-hydrogen) atoms. The number of fused-ring (bicyclic) bond motifs is 1. The van der Waals surface area contributed by atoms with E-state index in [0.717, 1.165) is 4.90 Å². The van der Waals surface area contributed by atoms with Crippen LogP contribution in [0.5, 0.6) is 0 Å². The molecule has 0 saturated heterocycles. The van der Waals surface area contributed by atoms with E-state index in [1.54, 1.807) is 18.2 Å². The SMILES string of the molecule is O=C(CN1C(=O)c2ccccc2C1=O)NC(=S)Nc1cccc(F)c1. The van der Waals surface area contributed by atoms with Crippen LogP contribution < -0.4 is 10.6 Å². The first-order chi connectivity index (χ1) is 12.0. The Balaban J connectivity index is 1.61. The summed E-state index contributed by atoms with van der Waals surface area (Å²) in [7, 11) is 0.